The number of rotatable bonds is 3. The fraction of sp³-hybridized carbons (Fsp3) is 0.600. The second-order valence-electron chi connectivity index (χ2n) is 5.00. The molecule has 94 valence electrons. The van der Waals surface area contributed by atoms with Crippen LogP contribution in [0.3, 0.4) is 0 Å². The summed E-state index contributed by atoms with van der Waals surface area (Å²) in [7, 11) is 0. The van der Waals surface area contributed by atoms with Crippen molar-refractivity contribution in [3.8, 4) is 0 Å². The van der Waals surface area contributed by atoms with E-state index in [1.165, 1.54) is 44.9 Å². The number of aliphatic hydroxyl groups excluding tert-OH is 1. The van der Waals surface area contributed by atoms with Gasteiger partial charge in [0.25, 0.3) is 0 Å². The second kappa shape index (κ2) is 6.65. The first kappa shape index (κ1) is 12.4. The minimum Gasteiger partial charge on any atom is -0.392 e. The average Bonchev–Trinajstić information content (AvgIpc) is 2.33. The first-order valence-corrected chi connectivity index (χ1v) is 6.85. The van der Waals surface area contributed by atoms with Gasteiger partial charge >= 0.3 is 0 Å². The number of aliphatic hydroxyl groups is 1. The smallest absolute Gasteiger partial charge is 0.0701 e. The molecule has 1 aromatic carbocycles. The van der Waals surface area contributed by atoms with Crippen LogP contribution < -0.4 is 5.32 Å². The van der Waals surface area contributed by atoms with Crippen LogP contribution in [0.2, 0.25) is 0 Å². The van der Waals surface area contributed by atoms with Gasteiger partial charge in [-0.3, -0.25) is 0 Å². The molecule has 0 unspecified atom stereocenters. The molecule has 1 aliphatic carbocycles. The van der Waals surface area contributed by atoms with Crippen LogP contribution in [-0.2, 0) is 6.61 Å². The second-order valence-corrected chi connectivity index (χ2v) is 5.00. The monoisotopic (exact) mass is 233 g/mol. The highest BCUT2D eigenvalue weighted by Gasteiger charge is 2.12. The Kier molecular flexibility index (Phi) is 4.87. The van der Waals surface area contributed by atoms with E-state index in [2.05, 4.69) is 11.4 Å². The lowest BCUT2D eigenvalue weighted by molar-refractivity contribution is 0.282. The molecule has 2 rings (SSSR count). The first-order valence-electron chi connectivity index (χ1n) is 6.85. The third-order valence-electron chi connectivity index (χ3n) is 3.65. The Bertz CT molecular complexity index is 329. The number of para-hydroxylation sites is 1. The van der Waals surface area contributed by atoms with Crippen LogP contribution in [0, 0.1) is 0 Å². The summed E-state index contributed by atoms with van der Waals surface area (Å²) in [6, 6.07) is 8.66. The Balaban J connectivity index is 1.97. The summed E-state index contributed by atoms with van der Waals surface area (Å²) >= 11 is 0. The molecule has 0 bridgehead atoms. The number of hydrogen-bond acceptors (Lipinski definition) is 2. The Morgan fingerprint density at radius 1 is 1.00 bits per heavy atom. The van der Waals surface area contributed by atoms with Crippen molar-refractivity contribution in [3.63, 3.8) is 0 Å². The molecule has 1 aliphatic rings. The van der Waals surface area contributed by atoms with Gasteiger partial charge in [0, 0.05) is 17.3 Å². The minimum atomic E-state index is 0.121. The molecule has 1 fully saturated rings. The maximum Gasteiger partial charge on any atom is 0.0701 e. The third-order valence-corrected chi connectivity index (χ3v) is 3.65. The molecule has 17 heavy (non-hydrogen) atoms. The van der Waals surface area contributed by atoms with E-state index in [-0.39, 0.29) is 6.61 Å². The highest BCUT2D eigenvalue weighted by atomic mass is 16.3. The molecule has 0 saturated heterocycles. The van der Waals surface area contributed by atoms with Gasteiger partial charge in [0.05, 0.1) is 6.61 Å². The predicted molar refractivity (Wildman–Crippen MR) is 72.1 cm³/mol. The maximum atomic E-state index is 9.31. The van der Waals surface area contributed by atoms with Gasteiger partial charge in [-0.2, -0.15) is 0 Å². The molecule has 0 amide bonds. The van der Waals surface area contributed by atoms with Crippen molar-refractivity contribution >= 4 is 5.69 Å². The van der Waals surface area contributed by atoms with Gasteiger partial charge in [0.2, 0.25) is 0 Å². The summed E-state index contributed by atoms with van der Waals surface area (Å²) in [4.78, 5) is 0. The summed E-state index contributed by atoms with van der Waals surface area (Å²) in [6.45, 7) is 0.121. The Hall–Kier alpha value is -1.02. The van der Waals surface area contributed by atoms with E-state index in [0.717, 1.165) is 11.3 Å². The zero-order chi connectivity index (χ0) is 11.9. The fourth-order valence-corrected chi connectivity index (χ4v) is 2.62. The standard InChI is InChI=1S/C15H23NO/c17-12-13-8-6-7-11-15(13)16-14-9-4-2-1-3-5-10-14/h6-8,11,14,16-17H,1-5,9-10,12H2. The highest BCUT2D eigenvalue weighted by Crippen LogP contribution is 2.22. The summed E-state index contributed by atoms with van der Waals surface area (Å²) < 4.78 is 0. The average molecular weight is 233 g/mol. The molecule has 0 aromatic heterocycles. The molecule has 0 aliphatic heterocycles. The third kappa shape index (κ3) is 3.74. The molecule has 0 atom stereocenters. The zero-order valence-electron chi connectivity index (χ0n) is 10.5. The molecule has 2 heteroatoms. The maximum absolute atomic E-state index is 9.31. The predicted octanol–water partition coefficient (Wildman–Crippen LogP) is 3.70. The molecular weight excluding hydrogens is 210 g/mol. The highest BCUT2D eigenvalue weighted by molar-refractivity contribution is 5.51. The number of benzene rings is 1. The van der Waals surface area contributed by atoms with E-state index < -0.39 is 0 Å². The quantitative estimate of drug-likeness (QED) is 0.834. The molecule has 2 N–H and O–H groups in total. The van der Waals surface area contributed by atoms with E-state index in [1.807, 2.05) is 18.2 Å². The van der Waals surface area contributed by atoms with Crippen molar-refractivity contribution in [1.29, 1.82) is 0 Å². The zero-order valence-corrected chi connectivity index (χ0v) is 10.5. The van der Waals surface area contributed by atoms with Crippen LogP contribution in [0.25, 0.3) is 0 Å². The van der Waals surface area contributed by atoms with Crippen LogP contribution in [0.15, 0.2) is 24.3 Å². The lowest BCUT2D eigenvalue weighted by Gasteiger charge is -2.23. The van der Waals surface area contributed by atoms with Gasteiger partial charge in [0.1, 0.15) is 0 Å². The van der Waals surface area contributed by atoms with Crippen molar-refractivity contribution in [2.24, 2.45) is 0 Å². The van der Waals surface area contributed by atoms with Gasteiger partial charge in [-0.15, -0.1) is 0 Å². The van der Waals surface area contributed by atoms with Gasteiger partial charge in [-0.25, -0.2) is 0 Å². The van der Waals surface area contributed by atoms with Gasteiger partial charge in [-0.05, 0) is 18.9 Å². The van der Waals surface area contributed by atoms with E-state index in [9.17, 15) is 5.11 Å². The van der Waals surface area contributed by atoms with Crippen molar-refractivity contribution in [2.75, 3.05) is 5.32 Å². The number of hydrogen-bond donors (Lipinski definition) is 2. The van der Waals surface area contributed by atoms with Crippen LogP contribution in [0.5, 0.6) is 0 Å². The van der Waals surface area contributed by atoms with Gasteiger partial charge in [0.15, 0.2) is 0 Å². The summed E-state index contributed by atoms with van der Waals surface area (Å²) in [5.41, 5.74) is 2.12. The van der Waals surface area contributed by atoms with E-state index in [4.69, 9.17) is 0 Å². The minimum absolute atomic E-state index is 0.121. The Morgan fingerprint density at radius 2 is 1.65 bits per heavy atom. The first-order chi connectivity index (χ1) is 8.40. The lowest BCUT2D eigenvalue weighted by atomic mass is 9.96. The van der Waals surface area contributed by atoms with E-state index in [0.29, 0.717) is 6.04 Å². The fourth-order valence-electron chi connectivity index (χ4n) is 2.62. The molecular formula is C15H23NO. The normalized spacial score (nSPS) is 18.4. The van der Waals surface area contributed by atoms with Crippen LogP contribution in [-0.4, -0.2) is 11.1 Å². The molecule has 0 heterocycles. The summed E-state index contributed by atoms with van der Waals surface area (Å²) in [5.74, 6) is 0. The lowest BCUT2D eigenvalue weighted by Crippen LogP contribution is -2.21. The number of anilines is 1. The Labute approximate surface area is 104 Å². The van der Waals surface area contributed by atoms with Crippen LogP contribution in [0.1, 0.15) is 50.5 Å². The molecule has 1 saturated carbocycles. The van der Waals surface area contributed by atoms with E-state index in [1.54, 1.807) is 0 Å². The summed E-state index contributed by atoms with van der Waals surface area (Å²) in [6.07, 6.45) is 9.34. The molecule has 0 spiro atoms. The largest absolute Gasteiger partial charge is 0.392 e. The SMILES string of the molecule is OCc1ccccc1NC1CCCCCCC1. The van der Waals surface area contributed by atoms with Crippen molar-refractivity contribution in [2.45, 2.75) is 57.6 Å². The van der Waals surface area contributed by atoms with Gasteiger partial charge < -0.3 is 10.4 Å². The number of nitrogens with one attached hydrogen (secondary N) is 1. The van der Waals surface area contributed by atoms with Crippen LogP contribution >= 0.6 is 0 Å². The topological polar surface area (TPSA) is 32.3 Å². The van der Waals surface area contributed by atoms with Crippen molar-refractivity contribution < 1.29 is 5.11 Å². The van der Waals surface area contributed by atoms with Gasteiger partial charge in [-0.1, -0.05) is 50.3 Å². The molecule has 1 aromatic rings. The van der Waals surface area contributed by atoms with Crippen molar-refractivity contribution in [3.05, 3.63) is 29.8 Å². The van der Waals surface area contributed by atoms with E-state index >= 15 is 0 Å². The molecule has 0 radical (unpaired) electrons. The Morgan fingerprint density at radius 3 is 2.35 bits per heavy atom. The van der Waals surface area contributed by atoms with Crippen LogP contribution in [0.4, 0.5) is 5.69 Å². The van der Waals surface area contributed by atoms with Crippen molar-refractivity contribution in [1.82, 2.24) is 0 Å². The molecule has 2 nitrogen and oxygen atoms in total. The summed E-state index contributed by atoms with van der Waals surface area (Å²) in [5, 5.41) is 12.9.